The standard InChI is InChI=1S/C18H13Cl2FN4O/c19-12-3-6-15(20)17(7-12)25-18(26)22-9-14-8-16(24-10-23-14)11-1-4-13(21)5-2-11/h1-8,10H,9H2,(H2,22,25,26). The van der Waals surface area contributed by atoms with Crippen molar-refractivity contribution in [1.82, 2.24) is 15.3 Å². The summed E-state index contributed by atoms with van der Waals surface area (Å²) in [6.07, 6.45) is 1.39. The van der Waals surface area contributed by atoms with Gasteiger partial charge in [0, 0.05) is 10.6 Å². The highest BCUT2D eigenvalue weighted by molar-refractivity contribution is 6.35. The van der Waals surface area contributed by atoms with Crippen LogP contribution in [0.4, 0.5) is 14.9 Å². The number of halogens is 3. The van der Waals surface area contributed by atoms with E-state index in [0.29, 0.717) is 27.1 Å². The van der Waals surface area contributed by atoms with Crippen LogP contribution in [-0.2, 0) is 6.54 Å². The summed E-state index contributed by atoms with van der Waals surface area (Å²) in [6, 6.07) is 12.0. The van der Waals surface area contributed by atoms with Gasteiger partial charge in [0.2, 0.25) is 0 Å². The number of carbonyl (C=O) groups excluding carboxylic acids is 1. The Kier molecular flexibility index (Phi) is 5.65. The Labute approximate surface area is 159 Å². The van der Waals surface area contributed by atoms with Crippen LogP contribution in [0.25, 0.3) is 11.3 Å². The van der Waals surface area contributed by atoms with Crippen LogP contribution in [0.3, 0.4) is 0 Å². The van der Waals surface area contributed by atoms with Crippen LogP contribution >= 0.6 is 23.2 Å². The first-order valence-corrected chi connectivity index (χ1v) is 8.33. The third-order valence-corrected chi connectivity index (χ3v) is 4.04. The summed E-state index contributed by atoms with van der Waals surface area (Å²) >= 11 is 11.9. The van der Waals surface area contributed by atoms with Crippen LogP contribution in [0.1, 0.15) is 5.69 Å². The van der Waals surface area contributed by atoms with Crippen LogP contribution in [0, 0.1) is 5.82 Å². The molecule has 2 aromatic carbocycles. The molecule has 0 bridgehead atoms. The van der Waals surface area contributed by atoms with Crippen LogP contribution in [0.15, 0.2) is 54.9 Å². The van der Waals surface area contributed by atoms with Crippen molar-refractivity contribution < 1.29 is 9.18 Å². The van der Waals surface area contributed by atoms with Crippen molar-refractivity contribution in [2.24, 2.45) is 0 Å². The smallest absolute Gasteiger partial charge is 0.319 e. The monoisotopic (exact) mass is 390 g/mol. The lowest BCUT2D eigenvalue weighted by molar-refractivity contribution is 0.251. The Morgan fingerprint density at radius 1 is 1.04 bits per heavy atom. The summed E-state index contributed by atoms with van der Waals surface area (Å²) in [5, 5.41) is 6.14. The maximum Gasteiger partial charge on any atom is 0.319 e. The normalized spacial score (nSPS) is 10.4. The Hall–Kier alpha value is -2.70. The SMILES string of the molecule is O=C(NCc1cc(-c2ccc(F)cc2)ncn1)Nc1cc(Cl)ccc1Cl. The number of amides is 2. The van der Waals surface area contributed by atoms with E-state index in [-0.39, 0.29) is 12.4 Å². The molecule has 0 spiro atoms. The van der Waals surface area contributed by atoms with Crippen molar-refractivity contribution in [1.29, 1.82) is 0 Å². The quantitative estimate of drug-likeness (QED) is 0.664. The van der Waals surface area contributed by atoms with Crippen molar-refractivity contribution in [3.05, 3.63) is 76.4 Å². The maximum absolute atomic E-state index is 13.0. The summed E-state index contributed by atoms with van der Waals surface area (Å²) in [7, 11) is 0. The molecule has 0 aliphatic rings. The lowest BCUT2D eigenvalue weighted by atomic mass is 10.1. The molecule has 3 aromatic rings. The first-order valence-electron chi connectivity index (χ1n) is 7.58. The van der Waals surface area contributed by atoms with Gasteiger partial charge in [0.25, 0.3) is 0 Å². The van der Waals surface area contributed by atoms with Crippen LogP contribution in [0.2, 0.25) is 10.0 Å². The zero-order chi connectivity index (χ0) is 18.5. The van der Waals surface area contributed by atoms with Crippen molar-refractivity contribution in [2.75, 3.05) is 5.32 Å². The molecule has 0 aliphatic carbocycles. The van der Waals surface area contributed by atoms with E-state index in [4.69, 9.17) is 23.2 Å². The second-order valence-electron chi connectivity index (χ2n) is 5.33. The van der Waals surface area contributed by atoms with Gasteiger partial charge < -0.3 is 10.6 Å². The van der Waals surface area contributed by atoms with Crippen LogP contribution in [0.5, 0.6) is 0 Å². The fourth-order valence-corrected chi connectivity index (χ4v) is 2.54. The van der Waals surface area contributed by atoms with Gasteiger partial charge in [-0.15, -0.1) is 0 Å². The highest BCUT2D eigenvalue weighted by atomic mass is 35.5. The zero-order valence-electron chi connectivity index (χ0n) is 13.3. The number of hydrogen-bond acceptors (Lipinski definition) is 3. The van der Waals surface area contributed by atoms with Crippen LogP contribution < -0.4 is 10.6 Å². The van der Waals surface area contributed by atoms with E-state index in [1.165, 1.54) is 18.5 Å². The third kappa shape index (κ3) is 4.68. The Bertz CT molecular complexity index is 935. The van der Waals surface area contributed by atoms with Gasteiger partial charge in [-0.1, -0.05) is 23.2 Å². The summed E-state index contributed by atoms with van der Waals surface area (Å²) in [6.45, 7) is 0.181. The van der Waals surface area contributed by atoms with E-state index in [0.717, 1.165) is 5.56 Å². The molecule has 3 rings (SSSR count). The predicted octanol–water partition coefficient (Wildman–Crippen LogP) is 4.91. The van der Waals surface area contributed by atoms with E-state index in [1.807, 2.05) is 0 Å². The Morgan fingerprint density at radius 3 is 2.58 bits per heavy atom. The van der Waals surface area contributed by atoms with Gasteiger partial charge in [-0.3, -0.25) is 0 Å². The molecule has 2 N–H and O–H groups in total. The van der Waals surface area contributed by atoms with Gasteiger partial charge in [0.1, 0.15) is 12.1 Å². The molecule has 8 heteroatoms. The average molecular weight is 391 g/mol. The summed E-state index contributed by atoms with van der Waals surface area (Å²) in [5.74, 6) is -0.318. The number of aromatic nitrogens is 2. The molecule has 0 fully saturated rings. The van der Waals surface area contributed by atoms with Crippen molar-refractivity contribution in [3.8, 4) is 11.3 Å². The molecular formula is C18H13Cl2FN4O. The van der Waals surface area contributed by atoms with Crippen molar-refractivity contribution in [2.45, 2.75) is 6.54 Å². The molecule has 26 heavy (non-hydrogen) atoms. The number of nitrogens with one attached hydrogen (secondary N) is 2. The minimum absolute atomic E-state index is 0.181. The zero-order valence-corrected chi connectivity index (χ0v) is 14.9. The number of benzene rings is 2. The van der Waals surface area contributed by atoms with E-state index in [2.05, 4.69) is 20.6 Å². The second-order valence-corrected chi connectivity index (χ2v) is 6.18. The number of carbonyl (C=O) groups is 1. The molecule has 0 aliphatic heterocycles. The first kappa shape index (κ1) is 18.1. The average Bonchev–Trinajstić information content (AvgIpc) is 2.64. The summed E-state index contributed by atoms with van der Waals surface area (Å²) in [5.41, 5.74) is 2.40. The summed E-state index contributed by atoms with van der Waals surface area (Å²) in [4.78, 5) is 20.3. The molecule has 1 aromatic heterocycles. The minimum atomic E-state index is -0.448. The highest BCUT2D eigenvalue weighted by Crippen LogP contribution is 2.25. The second kappa shape index (κ2) is 8.12. The molecule has 2 amide bonds. The van der Waals surface area contributed by atoms with Crippen LogP contribution in [-0.4, -0.2) is 16.0 Å². The number of hydrogen-bond donors (Lipinski definition) is 2. The van der Waals surface area contributed by atoms with Gasteiger partial charge >= 0.3 is 6.03 Å². The molecule has 0 saturated carbocycles. The maximum atomic E-state index is 13.0. The molecular weight excluding hydrogens is 378 g/mol. The summed E-state index contributed by atoms with van der Waals surface area (Å²) < 4.78 is 13.0. The van der Waals surface area contributed by atoms with Gasteiger partial charge in [-0.05, 0) is 48.5 Å². The number of rotatable bonds is 4. The van der Waals surface area contributed by atoms with E-state index in [9.17, 15) is 9.18 Å². The first-order chi connectivity index (χ1) is 12.5. The Morgan fingerprint density at radius 2 is 1.81 bits per heavy atom. The third-order valence-electron chi connectivity index (χ3n) is 3.47. The molecule has 1 heterocycles. The van der Waals surface area contributed by atoms with Crippen molar-refractivity contribution in [3.63, 3.8) is 0 Å². The molecule has 0 unspecified atom stereocenters. The number of urea groups is 1. The minimum Gasteiger partial charge on any atom is -0.332 e. The van der Waals surface area contributed by atoms with E-state index >= 15 is 0 Å². The van der Waals surface area contributed by atoms with Gasteiger partial charge in [-0.25, -0.2) is 19.2 Å². The Balaban J connectivity index is 1.64. The molecule has 0 saturated heterocycles. The molecule has 5 nitrogen and oxygen atoms in total. The molecule has 0 radical (unpaired) electrons. The van der Waals surface area contributed by atoms with E-state index in [1.54, 1.807) is 36.4 Å². The lowest BCUT2D eigenvalue weighted by Crippen LogP contribution is -2.28. The van der Waals surface area contributed by atoms with Crippen molar-refractivity contribution >= 4 is 34.9 Å². The molecule has 132 valence electrons. The highest BCUT2D eigenvalue weighted by Gasteiger charge is 2.08. The van der Waals surface area contributed by atoms with Gasteiger partial charge in [-0.2, -0.15) is 0 Å². The number of anilines is 1. The largest absolute Gasteiger partial charge is 0.332 e. The predicted molar refractivity (Wildman–Crippen MR) is 99.7 cm³/mol. The van der Waals surface area contributed by atoms with E-state index < -0.39 is 6.03 Å². The fraction of sp³-hybridized carbons (Fsp3) is 0.0556. The topological polar surface area (TPSA) is 66.9 Å². The fourth-order valence-electron chi connectivity index (χ4n) is 2.20. The molecule has 0 atom stereocenters. The lowest BCUT2D eigenvalue weighted by Gasteiger charge is -2.09. The van der Waals surface area contributed by atoms with Gasteiger partial charge in [0.15, 0.2) is 0 Å². The van der Waals surface area contributed by atoms with Gasteiger partial charge in [0.05, 0.1) is 28.6 Å². The number of nitrogens with zero attached hydrogens (tertiary/aromatic N) is 2.